The van der Waals surface area contributed by atoms with Gasteiger partial charge in [0.15, 0.2) is 0 Å². The first-order valence-electron chi connectivity index (χ1n) is 10.0. The summed E-state index contributed by atoms with van der Waals surface area (Å²) in [4.78, 5) is 27.0. The fourth-order valence-corrected chi connectivity index (χ4v) is 4.49. The van der Waals surface area contributed by atoms with Crippen molar-refractivity contribution in [2.45, 2.75) is 45.4 Å². The van der Waals surface area contributed by atoms with Gasteiger partial charge in [0.1, 0.15) is 5.37 Å². The Bertz CT molecular complexity index is 935. The summed E-state index contributed by atoms with van der Waals surface area (Å²) in [6.07, 6.45) is 0. The van der Waals surface area contributed by atoms with Gasteiger partial charge in [-0.15, -0.1) is 23.4 Å². The van der Waals surface area contributed by atoms with Gasteiger partial charge < -0.3 is 5.32 Å². The first-order chi connectivity index (χ1) is 14.0. The molecule has 3 rings (SSSR count). The second-order valence-corrected chi connectivity index (χ2v) is 10.7. The second-order valence-electron chi connectivity index (χ2n) is 9.32. The van der Waals surface area contributed by atoms with Gasteiger partial charge in [-0.2, -0.15) is 0 Å². The van der Waals surface area contributed by atoms with E-state index >= 15 is 0 Å². The van der Waals surface area contributed by atoms with E-state index in [1.807, 2.05) is 55.1 Å². The highest BCUT2D eigenvalue weighted by Gasteiger charge is 2.34. The van der Waals surface area contributed by atoms with E-state index in [0.717, 1.165) is 11.3 Å². The number of hydrogen-bond acceptors (Lipinski definition) is 3. The van der Waals surface area contributed by atoms with Crippen LogP contribution in [0.25, 0.3) is 0 Å². The highest BCUT2D eigenvalue weighted by Crippen LogP contribution is 2.42. The number of alkyl halides is 1. The Morgan fingerprint density at radius 1 is 1.13 bits per heavy atom. The molecule has 0 spiro atoms. The molecule has 0 bridgehead atoms. The molecule has 0 unspecified atom stereocenters. The first kappa shape index (κ1) is 22.7. The molecule has 2 amide bonds. The molecule has 6 heteroatoms. The third kappa shape index (κ3) is 4.84. The number of anilines is 2. The van der Waals surface area contributed by atoms with Gasteiger partial charge in [-0.25, -0.2) is 0 Å². The Hall–Kier alpha value is -1.98. The highest BCUT2D eigenvalue weighted by molar-refractivity contribution is 8.00. The van der Waals surface area contributed by atoms with E-state index in [0.29, 0.717) is 11.4 Å². The zero-order chi connectivity index (χ0) is 22.1. The maximum atomic E-state index is 12.7. The van der Waals surface area contributed by atoms with Gasteiger partial charge in [-0.3, -0.25) is 14.5 Å². The minimum atomic E-state index is -0.656. The topological polar surface area (TPSA) is 49.4 Å². The van der Waals surface area contributed by atoms with Crippen LogP contribution in [0.2, 0.25) is 0 Å². The third-order valence-electron chi connectivity index (χ3n) is 5.26. The lowest BCUT2D eigenvalue weighted by Gasteiger charge is -2.26. The van der Waals surface area contributed by atoms with Crippen LogP contribution in [-0.4, -0.2) is 23.4 Å². The summed E-state index contributed by atoms with van der Waals surface area (Å²) in [7, 11) is 0. The summed E-state index contributed by atoms with van der Waals surface area (Å²) in [5.41, 5.74) is 3.21. The lowest BCUT2D eigenvalue weighted by atomic mass is 9.87. The Balaban J connectivity index is 1.86. The van der Waals surface area contributed by atoms with Crippen molar-refractivity contribution in [1.29, 1.82) is 0 Å². The van der Waals surface area contributed by atoms with Crippen LogP contribution in [0, 0.1) is 5.41 Å². The average Bonchev–Trinajstić information content (AvgIpc) is 3.09. The molecule has 1 atom stereocenters. The van der Waals surface area contributed by atoms with Crippen LogP contribution in [0.4, 0.5) is 11.4 Å². The summed E-state index contributed by atoms with van der Waals surface area (Å²) in [6.45, 7) is 10.1. The van der Waals surface area contributed by atoms with Crippen molar-refractivity contribution >= 4 is 46.6 Å². The summed E-state index contributed by atoms with van der Waals surface area (Å²) in [5, 5.41) is 2.82. The normalized spacial score (nSPS) is 17.3. The Morgan fingerprint density at radius 3 is 2.40 bits per heavy atom. The van der Waals surface area contributed by atoms with Crippen LogP contribution in [-0.2, 0) is 15.0 Å². The average molecular weight is 445 g/mol. The van der Waals surface area contributed by atoms with Gasteiger partial charge in [0.2, 0.25) is 11.8 Å². The van der Waals surface area contributed by atoms with Crippen molar-refractivity contribution in [2.24, 2.45) is 5.41 Å². The maximum Gasteiger partial charge on any atom is 0.238 e. The van der Waals surface area contributed by atoms with E-state index < -0.39 is 5.41 Å². The second kappa shape index (κ2) is 8.64. The van der Waals surface area contributed by atoms with Gasteiger partial charge >= 0.3 is 0 Å². The van der Waals surface area contributed by atoms with Crippen LogP contribution in [0.3, 0.4) is 0 Å². The number of hydrogen-bond donors (Lipinski definition) is 1. The number of amides is 2. The smallest absolute Gasteiger partial charge is 0.238 e. The largest absolute Gasteiger partial charge is 0.326 e. The highest BCUT2D eigenvalue weighted by atomic mass is 35.5. The lowest BCUT2D eigenvalue weighted by molar-refractivity contribution is -0.123. The van der Waals surface area contributed by atoms with Crippen molar-refractivity contribution in [2.75, 3.05) is 21.8 Å². The summed E-state index contributed by atoms with van der Waals surface area (Å²) < 4.78 is 0. The number of benzene rings is 2. The molecule has 0 saturated carbocycles. The van der Waals surface area contributed by atoms with E-state index in [2.05, 4.69) is 38.2 Å². The molecule has 1 saturated heterocycles. The standard InChI is InChI=1S/C24H29ClN2O2S/c1-23(2,3)17-9-11-19(12-10-17)27-20(28)14-30-21(27)16-7-6-8-18(13-16)26-22(29)24(4,5)15-25/h6-13,21H,14-15H2,1-5H3,(H,26,29)/t21-/m1/s1. The number of carbonyl (C=O) groups excluding carboxylic acids is 2. The van der Waals surface area contributed by atoms with Crippen LogP contribution in [0.15, 0.2) is 48.5 Å². The molecule has 1 heterocycles. The molecule has 2 aromatic carbocycles. The molecule has 1 aliphatic heterocycles. The number of rotatable bonds is 5. The van der Waals surface area contributed by atoms with Gasteiger partial charge in [0.25, 0.3) is 0 Å². The molecule has 1 N–H and O–H groups in total. The molecule has 4 nitrogen and oxygen atoms in total. The van der Waals surface area contributed by atoms with E-state index in [9.17, 15) is 9.59 Å². The summed E-state index contributed by atoms with van der Waals surface area (Å²) in [6, 6.07) is 15.9. The Morgan fingerprint density at radius 2 is 1.80 bits per heavy atom. The van der Waals surface area contributed by atoms with Crippen molar-refractivity contribution in [1.82, 2.24) is 0 Å². The monoisotopic (exact) mass is 444 g/mol. The number of halogens is 1. The quantitative estimate of drug-likeness (QED) is 0.578. The summed E-state index contributed by atoms with van der Waals surface area (Å²) in [5.74, 6) is 0.636. The molecule has 1 aliphatic rings. The van der Waals surface area contributed by atoms with Crippen LogP contribution in [0.5, 0.6) is 0 Å². The van der Waals surface area contributed by atoms with Gasteiger partial charge in [0, 0.05) is 17.3 Å². The molecule has 2 aromatic rings. The van der Waals surface area contributed by atoms with Crippen LogP contribution < -0.4 is 10.2 Å². The van der Waals surface area contributed by atoms with Gasteiger partial charge in [-0.05, 0) is 54.7 Å². The van der Waals surface area contributed by atoms with E-state index in [4.69, 9.17) is 11.6 Å². The Labute approximate surface area is 188 Å². The van der Waals surface area contributed by atoms with Crippen molar-refractivity contribution in [3.63, 3.8) is 0 Å². The predicted octanol–water partition coefficient (Wildman–Crippen LogP) is 5.97. The third-order valence-corrected chi connectivity index (χ3v) is 7.14. The minimum Gasteiger partial charge on any atom is -0.326 e. The number of carbonyl (C=O) groups is 2. The van der Waals surface area contributed by atoms with Crippen LogP contribution >= 0.6 is 23.4 Å². The molecular formula is C24H29ClN2O2S. The molecule has 160 valence electrons. The maximum absolute atomic E-state index is 12.7. The van der Waals surface area contributed by atoms with Crippen molar-refractivity contribution in [3.05, 3.63) is 59.7 Å². The lowest BCUT2D eigenvalue weighted by Crippen LogP contribution is -2.32. The molecule has 0 aliphatic carbocycles. The molecule has 0 aromatic heterocycles. The predicted molar refractivity (Wildman–Crippen MR) is 127 cm³/mol. The van der Waals surface area contributed by atoms with E-state index in [1.54, 1.807) is 11.8 Å². The Kier molecular flexibility index (Phi) is 6.54. The van der Waals surface area contributed by atoms with Crippen molar-refractivity contribution in [3.8, 4) is 0 Å². The molecule has 0 radical (unpaired) electrons. The number of thioether (sulfide) groups is 1. The van der Waals surface area contributed by atoms with Crippen LogP contribution in [0.1, 0.15) is 51.1 Å². The van der Waals surface area contributed by atoms with E-state index in [1.165, 1.54) is 5.56 Å². The van der Waals surface area contributed by atoms with Gasteiger partial charge in [0.05, 0.1) is 11.2 Å². The number of nitrogens with one attached hydrogen (secondary N) is 1. The van der Waals surface area contributed by atoms with E-state index in [-0.39, 0.29) is 28.5 Å². The zero-order valence-electron chi connectivity index (χ0n) is 18.2. The SMILES string of the molecule is CC(C)(CCl)C(=O)Nc1cccc([C@H]2SCC(=O)N2c2ccc(C(C)(C)C)cc2)c1. The fourth-order valence-electron chi connectivity index (χ4n) is 3.20. The molecule has 1 fully saturated rings. The minimum absolute atomic E-state index is 0.0606. The number of nitrogens with zero attached hydrogens (tertiary/aromatic N) is 1. The summed E-state index contributed by atoms with van der Waals surface area (Å²) >= 11 is 7.52. The van der Waals surface area contributed by atoms with Gasteiger partial charge in [-0.1, -0.05) is 45.0 Å². The molecular weight excluding hydrogens is 416 g/mol. The fraction of sp³-hybridized carbons (Fsp3) is 0.417. The van der Waals surface area contributed by atoms with Crippen molar-refractivity contribution < 1.29 is 9.59 Å². The first-order valence-corrected chi connectivity index (χ1v) is 11.6. The zero-order valence-corrected chi connectivity index (χ0v) is 19.7. The molecule has 30 heavy (non-hydrogen) atoms.